The summed E-state index contributed by atoms with van der Waals surface area (Å²) in [6.45, 7) is 1.86. The number of fused-ring (bicyclic) bond motifs is 1. The molecule has 0 bridgehead atoms. The Balaban J connectivity index is 1.80. The molecule has 0 atom stereocenters. The van der Waals surface area contributed by atoms with Crippen LogP contribution in [0.3, 0.4) is 0 Å². The minimum absolute atomic E-state index is 0.127. The molecule has 0 unspecified atom stereocenters. The molecule has 0 amide bonds. The Labute approximate surface area is 147 Å². The lowest BCUT2D eigenvalue weighted by atomic mass is 10.3. The van der Waals surface area contributed by atoms with Crippen LogP contribution in [0.4, 0.5) is 17.5 Å². The number of pyridine rings is 1. The predicted molar refractivity (Wildman–Crippen MR) is 94.7 cm³/mol. The molecule has 0 spiro atoms. The number of nitrogens with zero attached hydrogens (tertiary/aromatic N) is 5. The third-order valence-electron chi connectivity index (χ3n) is 3.55. The number of aryl methyl sites for hydroxylation is 1. The van der Waals surface area contributed by atoms with Gasteiger partial charge < -0.3 is 15.5 Å². The highest BCUT2D eigenvalue weighted by atomic mass is 35.5. The van der Waals surface area contributed by atoms with Gasteiger partial charge in [0.05, 0.1) is 17.8 Å². The number of nitrogens with two attached hydrogens (primary N) is 1. The van der Waals surface area contributed by atoms with Crippen LogP contribution in [0.5, 0.6) is 0 Å². The average Bonchev–Trinajstić information content (AvgIpc) is 3.21. The zero-order chi connectivity index (χ0) is 17.4. The number of halogens is 1. The van der Waals surface area contributed by atoms with Gasteiger partial charge >= 0.3 is 0 Å². The van der Waals surface area contributed by atoms with E-state index in [0.29, 0.717) is 34.6 Å². The molecule has 8 nitrogen and oxygen atoms in total. The number of nitrogen functional groups attached to an aromatic ring is 1. The van der Waals surface area contributed by atoms with E-state index in [4.69, 9.17) is 21.8 Å². The molecule has 0 aliphatic rings. The summed E-state index contributed by atoms with van der Waals surface area (Å²) in [7, 11) is 0. The lowest BCUT2D eigenvalue weighted by Gasteiger charge is -2.06. The molecule has 9 heteroatoms. The monoisotopic (exact) mass is 355 g/mol. The molecule has 3 N–H and O–H groups in total. The number of nitrogens with one attached hydrogen (secondary N) is 1. The zero-order valence-corrected chi connectivity index (χ0v) is 14.0. The Morgan fingerprint density at radius 2 is 2.08 bits per heavy atom. The molecule has 0 aromatic carbocycles. The van der Waals surface area contributed by atoms with E-state index in [0.717, 1.165) is 11.5 Å². The van der Waals surface area contributed by atoms with Gasteiger partial charge in [-0.2, -0.15) is 19.6 Å². The Hall–Kier alpha value is -3.13. The first-order valence-corrected chi connectivity index (χ1v) is 8.04. The van der Waals surface area contributed by atoms with Crippen LogP contribution in [-0.4, -0.2) is 24.6 Å². The zero-order valence-electron chi connectivity index (χ0n) is 13.3. The van der Waals surface area contributed by atoms with Gasteiger partial charge in [0.1, 0.15) is 17.3 Å². The van der Waals surface area contributed by atoms with Crippen molar-refractivity contribution in [2.45, 2.75) is 12.8 Å². The van der Waals surface area contributed by atoms with E-state index in [1.54, 1.807) is 10.7 Å². The summed E-state index contributed by atoms with van der Waals surface area (Å²) in [5, 5.41) is 7.53. The number of hydrogen-bond acceptors (Lipinski definition) is 7. The number of anilines is 3. The summed E-state index contributed by atoms with van der Waals surface area (Å²) >= 11 is 5.83. The summed E-state index contributed by atoms with van der Waals surface area (Å²) in [5.74, 6) is 2.91. The van der Waals surface area contributed by atoms with Crippen molar-refractivity contribution in [1.82, 2.24) is 24.6 Å². The van der Waals surface area contributed by atoms with Crippen LogP contribution >= 0.6 is 11.6 Å². The molecular weight excluding hydrogens is 342 g/mol. The van der Waals surface area contributed by atoms with Crippen LogP contribution in [0.2, 0.25) is 0 Å². The van der Waals surface area contributed by atoms with E-state index in [1.165, 1.54) is 0 Å². The van der Waals surface area contributed by atoms with Crippen molar-refractivity contribution >= 4 is 34.7 Å². The summed E-state index contributed by atoms with van der Waals surface area (Å²) in [6, 6.07) is 9.23. The summed E-state index contributed by atoms with van der Waals surface area (Å²) in [5.41, 5.74) is 7.81. The van der Waals surface area contributed by atoms with Crippen molar-refractivity contribution in [2.24, 2.45) is 0 Å². The van der Waals surface area contributed by atoms with Crippen LogP contribution in [0.25, 0.3) is 17.2 Å². The van der Waals surface area contributed by atoms with Gasteiger partial charge in [-0.1, -0.05) is 6.07 Å². The van der Waals surface area contributed by atoms with Gasteiger partial charge in [-0.25, -0.2) is 4.98 Å². The lowest BCUT2D eigenvalue weighted by Crippen LogP contribution is -2.05. The number of hydrogen-bond donors (Lipinski definition) is 2. The summed E-state index contributed by atoms with van der Waals surface area (Å²) in [6.07, 6.45) is 1.64. The minimum atomic E-state index is 0.127. The highest BCUT2D eigenvalue weighted by molar-refractivity contribution is 6.16. The first kappa shape index (κ1) is 15.4. The fourth-order valence-electron chi connectivity index (χ4n) is 2.46. The van der Waals surface area contributed by atoms with Crippen LogP contribution < -0.4 is 11.1 Å². The van der Waals surface area contributed by atoms with E-state index in [9.17, 15) is 0 Å². The minimum Gasteiger partial charge on any atom is -0.458 e. The van der Waals surface area contributed by atoms with Crippen LogP contribution in [-0.2, 0) is 5.88 Å². The second kappa shape index (κ2) is 6.06. The van der Waals surface area contributed by atoms with Crippen molar-refractivity contribution in [2.75, 3.05) is 11.1 Å². The molecular formula is C16H14ClN7O. The SMILES string of the molecule is Cc1ccc(-c2nc(N)nc3c(Nc4cccc(CCl)n4)cnn23)o1. The second-order valence-electron chi connectivity index (χ2n) is 5.38. The molecule has 0 saturated carbocycles. The van der Waals surface area contributed by atoms with E-state index in [-0.39, 0.29) is 5.95 Å². The molecule has 0 aliphatic carbocycles. The first-order chi connectivity index (χ1) is 12.1. The molecule has 4 heterocycles. The normalized spacial score (nSPS) is 11.1. The van der Waals surface area contributed by atoms with Gasteiger partial charge in [0.15, 0.2) is 11.4 Å². The van der Waals surface area contributed by atoms with E-state index in [2.05, 4.69) is 25.4 Å². The average molecular weight is 356 g/mol. The third kappa shape index (κ3) is 2.87. The predicted octanol–water partition coefficient (Wildman–Crippen LogP) is 3.15. The van der Waals surface area contributed by atoms with Crippen LogP contribution in [0, 0.1) is 6.92 Å². The number of alkyl halides is 1. The summed E-state index contributed by atoms with van der Waals surface area (Å²) in [4.78, 5) is 12.9. The van der Waals surface area contributed by atoms with Gasteiger partial charge in [0.25, 0.3) is 0 Å². The van der Waals surface area contributed by atoms with Gasteiger partial charge in [-0.3, -0.25) is 0 Å². The molecule has 0 fully saturated rings. The third-order valence-corrected chi connectivity index (χ3v) is 3.83. The van der Waals surface area contributed by atoms with Gasteiger partial charge in [-0.15, -0.1) is 11.6 Å². The van der Waals surface area contributed by atoms with Gasteiger partial charge in [0.2, 0.25) is 11.8 Å². The maximum Gasteiger partial charge on any atom is 0.224 e. The number of aromatic nitrogens is 5. The highest BCUT2D eigenvalue weighted by Crippen LogP contribution is 2.26. The number of rotatable bonds is 4. The fourth-order valence-corrected chi connectivity index (χ4v) is 2.61. The van der Waals surface area contributed by atoms with Crippen molar-refractivity contribution < 1.29 is 4.42 Å². The van der Waals surface area contributed by atoms with E-state index < -0.39 is 0 Å². The smallest absolute Gasteiger partial charge is 0.224 e. The maximum absolute atomic E-state index is 5.87. The lowest BCUT2D eigenvalue weighted by molar-refractivity contribution is 0.541. The molecule has 0 radical (unpaired) electrons. The molecule has 25 heavy (non-hydrogen) atoms. The topological polar surface area (TPSA) is 107 Å². The molecule has 126 valence electrons. The van der Waals surface area contributed by atoms with E-state index in [1.807, 2.05) is 37.3 Å². The van der Waals surface area contributed by atoms with Crippen molar-refractivity contribution in [3.63, 3.8) is 0 Å². The van der Waals surface area contributed by atoms with Crippen molar-refractivity contribution in [3.05, 3.63) is 48.0 Å². The maximum atomic E-state index is 5.87. The van der Waals surface area contributed by atoms with Crippen LogP contribution in [0.1, 0.15) is 11.5 Å². The highest BCUT2D eigenvalue weighted by Gasteiger charge is 2.16. The first-order valence-electron chi connectivity index (χ1n) is 7.51. The largest absolute Gasteiger partial charge is 0.458 e. The Morgan fingerprint density at radius 1 is 1.20 bits per heavy atom. The van der Waals surface area contributed by atoms with Gasteiger partial charge in [-0.05, 0) is 31.2 Å². The molecule has 0 aliphatic heterocycles. The standard InChI is InChI=1S/C16H14ClN7O/c1-9-5-6-12(25-9)15-23-16(18)22-14-11(8-19-24(14)15)21-13-4-2-3-10(7-17)20-13/h2-6,8H,7H2,1H3,(H2,18,22)(H,20,21). The quantitative estimate of drug-likeness (QED) is 0.541. The molecule has 4 rings (SSSR count). The molecule has 4 aromatic rings. The van der Waals surface area contributed by atoms with Crippen molar-refractivity contribution in [1.29, 1.82) is 0 Å². The molecule has 4 aromatic heterocycles. The Bertz CT molecular complexity index is 1060. The Kier molecular flexibility index (Phi) is 3.73. The van der Waals surface area contributed by atoms with Crippen LogP contribution in [0.15, 0.2) is 40.9 Å². The second-order valence-corrected chi connectivity index (χ2v) is 5.65. The fraction of sp³-hybridized carbons (Fsp3) is 0.125. The van der Waals surface area contributed by atoms with Gasteiger partial charge in [0, 0.05) is 0 Å². The molecule has 0 saturated heterocycles. The number of furan rings is 1. The van der Waals surface area contributed by atoms with E-state index >= 15 is 0 Å². The summed E-state index contributed by atoms with van der Waals surface area (Å²) < 4.78 is 7.21. The van der Waals surface area contributed by atoms with Crippen molar-refractivity contribution in [3.8, 4) is 11.6 Å². The Morgan fingerprint density at radius 3 is 2.84 bits per heavy atom.